The van der Waals surface area contributed by atoms with Crippen LogP contribution < -0.4 is 5.32 Å². The van der Waals surface area contributed by atoms with Crippen LogP contribution in [-0.2, 0) is 11.3 Å². The summed E-state index contributed by atoms with van der Waals surface area (Å²) in [6.45, 7) is 4.77. The van der Waals surface area contributed by atoms with Crippen LogP contribution in [0.4, 0.5) is 0 Å². The standard InChI is InChI=1S/C19H23N3O2/c1-14-2-3-16(24-14)13-22-10-6-19(7-11-22)17(12-18(23)21-19)15-4-8-20-9-5-15/h2-5,8-9,17H,6-7,10-13H2,1H3,(H,21,23)/t17-/m0/s1. The van der Waals surface area contributed by atoms with Gasteiger partial charge in [-0.15, -0.1) is 0 Å². The summed E-state index contributed by atoms with van der Waals surface area (Å²) in [6.07, 6.45) is 6.18. The molecule has 1 amide bonds. The smallest absolute Gasteiger partial charge is 0.221 e. The Bertz CT molecular complexity index is 717. The van der Waals surface area contributed by atoms with Gasteiger partial charge in [0.15, 0.2) is 0 Å². The van der Waals surface area contributed by atoms with Crippen LogP contribution in [-0.4, -0.2) is 34.4 Å². The van der Waals surface area contributed by atoms with Gasteiger partial charge in [0.1, 0.15) is 11.5 Å². The molecule has 2 aromatic heterocycles. The van der Waals surface area contributed by atoms with E-state index in [9.17, 15) is 4.79 Å². The van der Waals surface area contributed by atoms with Crippen molar-refractivity contribution < 1.29 is 9.21 Å². The summed E-state index contributed by atoms with van der Waals surface area (Å²) >= 11 is 0. The predicted octanol–water partition coefficient (Wildman–Crippen LogP) is 2.62. The van der Waals surface area contributed by atoms with E-state index in [2.05, 4.69) is 21.3 Å². The summed E-state index contributed by atoms with van der Waals surface area (Å²) in [4.78, 5) is 18.6. The highest BCUT2D eigenvalue weighted by atomic mass is 16.3. The molecule has 5 nitrogen and oxygen atoms in total. The van der Waals surface area contributed by atoms with Gasteiger partial charge in [0.25, 0.3) is 0 Å². The Hall–Kier alpha value is -2.14. The second-order valence-electron chi connectivity index (χ2n) is 7.03. The number of carbonyl (C=O) groups excluding carboxylic acids is 1. The number of nitrogens with one attached hydrogen (secondary N) is 1. The molecular formula is C19H23N3O2. The van der Waals surface area contributed by atoms with E-state index in [1.807, 2.05) is 37.5 Å². The van der Waals surface area contributed by atoms with Gasteiger partial charge in [-0.2, -0.15) is 0 Å². The molecule has 0 bridgehead atoms. The molecule has 0 unspecified atom stereocenters. The fourth-order valence-corrected chi connectivity index (χ4v) is 4.20. The number of amides is 1. The van der Waals surface area contributed by atoms with Gasteiger partial charge in [0.05, 0.1) is 6.54 Å². The lowest BCUT2D eigenvalue weighted by atomic mass is 9.74. The first-order valence-corrected chi connectivity index (χ1v) is 8.63. The molecule has 2 aromatic rings. The Labute approximate surface area is 142 Å². The maximum absolute atomic E-state index is 12.1. The predicted molar refractivity (Wildman–Crippen MR) is 90.4 cm³/mol. The normalized spacial score (nSPS) is 23.5. The number of nitrogens with zero attached hydrogens (tertiary/aromatic N) is 2. The van der Waals surface area contributed by atoms with Crippen molar-refractivity contribution in [1.82, 2.24) is 15.2 Å². The summed E-state index contributed by atoms with van der Waals surface area (Å²) in [7, 11) is 0. The average Bonchev–Trinajstić information content (AvgIpc) is 3.14. The quantitative estimate of drug-likeness (QED) is 0.942. The van der Waals surface area contributed by atoms with Gasteiger partial charge in [0.2, 0.25) is 5.91 Å². The Balaban J connectivity index is 1.47. The zero-order valence-corrected chi connectivity index (χ0v) is 14.0. The first-order chi connectivity index (χ1) is 11.6. The van der Waals surface area contributed by atoms with Crippen molar-refractivity contribution in [3.05, 3.63) is 53.7 Å². The van der Waals surface area contributed by atoms with Crippen LogP contribution in [0.25, 0.3) is 0 Å². The average molecular weight is 325 g/mol. The van der Waals surface area contributed by atoms with Crippen LogP contribution in [0.2, 0.25) is 0 Å². The number of aromatic nitrogens is 1. The minimum Gasteiger partial charge on any atom is -0.465 e. The molecule has 4 heterocycles. The molecule has 24 heavy (non-hydrogen) atoms. The minimum absolute atomic E-state index is 0.103. The maximum atomic E-state index is 12.1. The SMILES string of the molecule is Cc1ccc(CN2CCC3(CC2)NC(=O)C[C@H]3c2ccncc2)o1. The molecule has 0 radical (unpaired) electrons. The van der Waals surface area contributed by atoms with Crippen molar-refractivity contribution in [3.8, 4) is 0 Å². The topological polar surface area (TPSA) is 58.4 Å². The van der Waals surface area contributed by atoms with Crippen molar-refractivity contribution in [2.24, 2.45) is 0 Å². The number of aryl methyl sites for hydroxylation is 1. The Morgan fingerprint density at radius 3 is 2.67 bits per heavy atom. The first-order valence-electron chi connectivity index (χ1n) is 8.63. The molecule has 5 heteroatoms. The van der Waals surface area contributed by atoms with Crippen molar-refractivity contribution in [2.45, 2.75) is 44.2 Å². The summed E-state index contributed by atoms with van der Waals surface area (Å²) in [5, 5.41) is 3.30. The van der Waals surface area contributed by atoms with Gasteiger partial charge in [-0.1, -0.05) is 0 Å². The van der Waals surface area contributed by atoms with Crippen LogP contribution in [0.15, 0.2) is 41.1 Å². The molecule has 2 saturated heterocycles. The van der Waals surface area contributed by atoms with E-state index >= 15 is 0 Å². The summed E-state index contributed by atoms with van der Waals surface area (Å²) < 4.78 is 5.69. The van der Waals surface area contributed by atoms with Crippen LogP contribution in [0.3, 0.4) is 0 Å². The van der Waals surface area contributed by atoms with Gasteiger partial charge < -0.3 is 9.73 Å². The number of carbonyl (C=O) groups is 1. The van der Waals surface area contributed by atoms with Crippen LogP contribution in [0.5, 0.6) is 0 Å². The highest BCUT2D eigenvalue weighted by Gasteiger charge is 2.48. The maximum Gasteiger partial charge on any atom is 0.221 e. The van der Waals surface area contributed by atoms with Gasteiger partial charge in [0, 0.05) is 43.4 Å². The van der Waals surface area contributed by atoms with Gasteiger partial charge in [-0.3, -0.25) is 14.7 Å². The third-order valence-corrected chi connectivity index (χ3v) is 5.48. The van der Waals surface area contributed by atoms with Crippen molar-refractivity contribution in [2.75, 3.05) is 13.1 Å². The second-order valence-corrected chi connectivity index (χ2v) is 7.03. The van der Waals surface area contributed by atoms with Crippen LogP contribution in [0, 0.1) is 6.92 Å². The van der Waals surface area contributed by atoms with E-state index in [0.717, 1.165) is 44.0 Å². The monoisotopic (exact) mass is 325 g/mol. The summed E-state index contributed by atoms with van der Waals surface area (Å²) in [6, 6.07) is 8.16. The van der Waals surface area contributed by atoms with E-state index in [0.29, 0.717) is 6.42 Å². The Kier molecular flexibility index (Phi) is 3.88. The van der Waals surface area contributed by atoms with E-state index < -0.39 is 0 Å². The van der Waals surface area contributed by atoms with Crippen LogP contribution >= 0.6 is 0 Å². The number of piperidine rings is 1. The van der Waals surface area contributed by atoms with Gasteiger partial charge in [-0.25, -0.2) is 0 Å². The molecule has 2 aliphatic heterocycles. The minimum atomic E-state index is -0.103. The molecule has 4 rings (SSSR count). The number of rotatable bonds is 3. The Morgan fingerprint density at radius 1 is 1.25 bits per heavy atom. The number of hydrogen-bond donors (Lipinski definition) is 1. The molecular weight excluding hydrogens is 302 g/mol. The van der Waals surface area contributed by atoms with E-state index in [1.165, 1.54) is 5.56 Å². The largest absolute Gasteiger partial charge is 0.465 e. The second kappa shape index (κ2) is 6.06. The van der Waals surface area contributed by atoms with E-state index in [-0.39, 0.29) is 17.4 Å². The van der Waals surface area contributed by atoms with Crippen molar-refractivity contribution in [3.63, 3.8) is 0 Å². The molecule has 0 aliphatic carbocycles. The highest BCUT2D eigenvalue weighted by Crippen LogP contribution is 2.43. The first kappa shape index (κ1) is 15.4. The summed E-state index contributed by atoms with van der Waals surface area (Å²) in [5.74, 6) is 2.40. The zero-order chi connectivity index (χ0) is 16.6. The van der Waals surface area contributed by atoms with E-state index in [4.69, 9.17) is 4.42 Å². The lowest BCUT2D eigenvalue weighted by Crippen LogP contribution is -2.53. The Morgan fingerprint density at radius 2 is 2.00 bits per heavy atom. The molecule has 1 atom stereocenters. The fourth-order valence-electron chi connectivity index (χ4n) is 4.20. The zero-order valence-electron chi connectivity index (χ0n) is 14.0. The van der Waals surface area contributed by atoms with Gasteiger partial charge >= 0.3 is 0 Å². The number of pyridine rings is 1. The van der Waals surface area contributed by atoms with Crippen molar-refractivity contribution in [1.29, 1.82) is 0 Å². The molecule has 2 fully saturated rings. The molecule has 2 aliphatic rings. The van der Waals surface area contributed by atoms with Crippen LogP contribution in [0.1, 0.15) is 42.3 Å². The van der Waals surface area contributed by atoms with E-state index in [1.54, 1.807) is 0 Å². The number of furan rings is 1. The number of likely N-dealkylation sites (tertiary alicyclic amines) is 1. The molecule has 0 aromatic carbocycles. The fraction of sp³-hybridized carbons (Fsp3) is 0.474. The molecule has 1 N–H and O–H groups in total. The molecule has 1 spiro atoms. The number of hydrogen-bond acceptors (Lipinski definition) is 4. The highest BCUT2D eigenvalue weighted by molar-refractivity contribution is 5.81. The molecule has 0 saturated carbocycles. The lowest BCUT2D eigenvalue weighted by molar-refractivity contribution is -0.120. The third kappa shape index (κ3) is 2.84. The van der Waals surface area contributed by atoms with Crippen molar-refractivity contribution >= 4 is 5.91 Å². The molecule has 126 valence electrons. The lowest BCUT2D eigenvalue weighted by Gasteiger charge is -2.42. The summed E-state index contributed by atoms with van der Waals surface area (Å²) in [5.41, 5.74) is 1.12. The van der Waals surface area contributed by atoms with Gasteiger partial charge in [-0.05, 0) is 49.6 Å². The third-order valence-electron chi connectivity index (χ3n) is 5.48.